The molecular weight excluding hydrogens is 447 g/mol. The van der Waals surface area contributed by atoms with Crippen molar-refractivity contribution in [2.24, 2.45) is 10.4 Å². The van der Waals surface area contributed by atoms with Crippen molar-refractivity contribution in [3.05, 3.63) is 24.2 Å². The third kappa shape index (κ3) is 7.53. The summed E-state index contributed by atoms with van der Waals surface area (Å²) in [5.74, 6) is 1.28. The average Bonchev–Trinajstić information content (AvgIpc) is 3.10. The molecule has 0 bridgehead atoms. The van der Waals surface area contributed by atoms with Crippen molar-refractivity contribution < 1.29 is 13.9 Å². The van der Waals surface area contributed by atoms with Gasteiger partial charge in [0.15, 0.2) is 5.96 Å². The van der Waals surface area contributed by atoms with Crippen LogP contribution in [0.2, 0.25) is 0 Å². The summed E-state index contributed by atoms with van der Waals surface area (Å²) in [4.78, 5) is 16.3. The van der Waals surface area contributed by atoms with Crippen LogP contribution in [0.1, 0.15) is 38.4 Å². The first-order chi connectivity index (χ1) is 12.2. The van der Waals surface area contributed by atoms with Crippen molar-refractivity contribution in [1.29, 1.82) is 0 Å². The fraction of sp³-hybridized carbons (Fsp3) is 0.667. The largest absolute Gasteiger partial charge is 0.467 e. The number of ether oxygens (including phenoxy) is 1. The Hall–Kier alpha value is -1.29. The van der Waals surface area contributed by atoms with Gasteiger partial charge in [-0.15, -0.1) is 24.0 Å². The van der Waals surface area contributed by atoms with Crippen molar-refractivity contribution in [2.75, 3.05) is 33.4 Å². The second-order valence-electron chi connectivity index (χ2n) is 6.50. The fourth-order valence-electron chi connectivity index (χ4n) is 2.93. The van der Waals surface area contributed by atoms with Crippen molar-refractivity contribution in [3.63, 3.8) is 0 Å². The van der Waals surface area contributed by atoms with Gasteiger partial charge in [-0.05, 0) is 43.7 Å². The van der Waals surface area contributed by atoms with E-state index in [-0.39, 0.29) is 36.4 Å². The molecule has 0 aromatic carbocycles. The van der Waals surface area contributed by atoms with Gasteiger partial charge in [-0.1, -0.05) is 6.42 Å². The molecule has 0 radical (unpaired) electrons. The lowest BCUT2D eigenvalue weighted by molar-refractivity contribution is -0.119. The molecule has 0 unspecified atom stereocenters. The second kappa shape index (κ2) is 12.2. The highest BCUT2D eigenvalue weighted by Crippen LogP contribution is 2.43. The molecule has 26 heavy (non-hydrogen) atoms. The highest BCUT2D eigenvalue weighted by Gasteiger charge is 2.36. The van der Waals surface area contributed by atoms with Crippen molar-refractivity contribution in [2.45, 2.75) is 39.2 Å². The fourth-order valence-corrected chi connectivity index (χ4v) is 2.93. The van der Waals surface area contributed by atoms with E-state index in [1.807, 2.05) is 13.0 Å². The van der Waals surface area contributed by atoms with Gasteiger partial charge in [-0.25, -0.2) is 4.99 Å². The number of carbonyl (C=O) groups is 1. The number of furan rings is 1. The van der Waals surface area contributed by atoms with E-state index in [1.165, 1.54) is 19.3 Å². The summed E-state index contributed by atoms with van der Waals surface area (Å²) in [6.07, 6.45) is 6.35. The summed E-state index contributed by atoms with van der Waals surface area (Å²) in [5.41, 5.74) is 0.299. The highest BCUT2D eigenvalue weighted by molar-refractivity contribution is 14.0. The number of methoxy groups -OCH3 is 1. The Balaban J connectivity index is 0.00000338. The minimum Gasteiger partial charge on any atom is -0.467 e. The highest BCUT2D eigenvalue weighted by atomic mass is 127. The monoisotopic (exact) mass is 478 g/mol. The Bertz CT molecular complexity index is 545. The number of guanidine groups is 1. The van der Waals surface area contributed by atoms with E-state index >= 15 is 0 Å². The molecule has 1 fully saturated rings. The van der Waals surface area contributed by atoms with Crippen LogP contribution >= 0.6 is 24.0 Å². The van der Waals surface area contributed by atoms with E-state index in [0.717, 1.165) is 31.9 Å². The van der Waals surface area contributed by atoms with Crippen LogP contribution in [-0.2, 0) is 16.1 Å². The lowest BCUT2D eigenvalue weighted by atomic mass is 9.67. The summed E-state index contributed by atoms with van der Waals surface area (Å²) < 4.78 is 10.4. The molecule has 1 aromatic rings. The predicted octanol–water partition coefficient (Wildman–Crippen LogP) is 2.28. The minimum atomic E-state index is -0.133. The molecule has 1 saturated carbocycles. The van der Waals surface area contributed by atoms with E-state index in [2.05, 4.69) is 20.9 Å². The minimum absolute atomic E-state index is 0. The summed E-state index contributed by atoms with van der Waals surface area (Å²) in [5, 5.41) is 9.37. The van der Waals surface area contributed by atoms with Gasteiger partial charge in [0.2, 0.25) is 5.91 Å². The Morgan fingerprint density at radius 1 is 1.35 bits per heavy atom. The number of halogens is 1. The van der Waals surface area contributed by atoms with E-state index in [0.29, 0.717) is 17.9 Å². The standard InChI is InChI=1S/C18H30N4O3.HI/c1-3-19-17(22-14-18(7-5-8-18)9-11-24-2)21-13-16(23)20-12-15-6-4-10-25-15;/h4,6,10H,3,5,7-9,11-14H2,1-2H3,(H,20,23)(H2,19,21,22);1H. The van der Waals surface area contributed by atoms with Gasteiger partial charge in [0, 0.05) is 26.8 Å². The molecule has 148 valence electrons. The molecular formula is C18H31IN4O3. The van der Waals surface area contributed by atoms with Crippen LogP contribution in [0.3, 0.4) is 0 Å². The number of carbonyl (C=O) groups excluding carboxylic acids is 1. The lowest BCUT2D eigenvalue weighted by Gasteiger charge is -2.42. The van der Waals surface area contributed by atoms with Crippen molar-refractivity contribution in [3.8, 4) is 0 Å². The van der Waals surface area contributed by atoms with Gasteiger partial charge in [0.1, 0.15) is 12.3 Å². The topological polar surface area (TPSA) is 87.9 Å². The number of nitrogens with one attached hydrogen (secondary N) is 3. The van der Waals surface area contributed by atoms with Crippen molar-refractivity contribution >= 4 is 35.8 Å². The van der Waals surface area contributed by atoms with Crippen LogP contribution < -0.4 is 16.0 Å². The summed E-state index contributed by atoms with van der Waals surface area (Å²) in [7, 11) is 1.74. The number of hydrogen-bond donors (Lipinski definition) is 3. The first kappa shape index (κ1) is 22.8. The molecule has 2 rings (SSSR count). The number of aliphatic imine (C=N–C) groups is 1. The Morgan fingerprint density at radius 2 is 2.15 bits per heavy atom. The number of amides is 1. The van der Waals surface area contributed by atoms with Crippen LogP contribution in [0.15, 0.2) is 27.8 Å². The zero-order chi connectivity index (χ0) is 18.0. The van der Waals surface area contributed by atoms with Crippen LogP contribution in [0.4, 0.5) is 0 Å². The van der Waals surface area contributed by atoms with Gasteiger partial charge in [-0.3, -0.25) is 4.79 Å². The third-order valence-corrected chi connectivity index (χ3v) is 4.65. The second-order valence-corrected chi connectivity index (χ2v) is 6.50. The van der Waals surface area contributed by atoms with E-state index < -0.39 is 0 Å². The molecule has 1 aliphatic carbocycles. The first-order valence-corrected chi connectivity index (χ1v) is 8.98. The van der Waals surface area contributed by atoms with Crippen LogP contribution in [0.5, 0.6) is 0 Å². The Morgan fingerprint density at radius 3 is 2.73 bits per heavy atom. The maximum Gasteiger partial charge on any atom is 0.242 e. The normalized spacial score (nSPS) is 15.5. The van der Waals surface area contributed by atoms with Crippen molar-refractivity contribution in [1.82, 2.24) is 16.0 Å². The molecule has 1 aliphatic rings. The smallest absolute Gasteiger partial charge is 0.242 e. The molecule has 0 atom stereocenters. The molecule has 1 amide bonds. The maximum absolute atomic E-state index is 11.9. The molecule has 0 aliphatic heterocycles. The number of hydrogen-bond acceptors (Lipinski definition) is 4. The molecule has 8 heteroatoms. The van der Waals surface area contributed by atoms with Gasteiger partial charge in [-0.2, -0.15) is 0 Å². The van der Waals surface area contributed by atoms with Gasteiger partial charge in [0.25, 0.3) is 0 Å². The molecule has 0 saturated heterocycles. The van der Waals surface area contributed by atoms with Gasteiger partial charge < -0.3 is 25.1 Å². The molecule has 0 spiro atoms. The number of rotatable bonds is 10. The van der Waals surface area contributed by atoms with Crippen LogP contribution in [0.25, 0.3) is 0 Å². The Kier molecular flexibility index (Phi) is 10.6. The molecule has 7 nitrogen and oxygen atoms in total. The van der Waals surface area contributed by atoms with Crippen LogP contribution in [-0.4, -0.2) is 45.2 Å². The maximum atomic E-state index is 11.9. The quantitative estimate of drug-likeness (QED) is 0.273. The number of nitrogens with zero attached hydrogens (tertiary/aromatic N) is 1. The van der Waals surface area contributed by atoms with Gasteiger partial charge >= 0.3 is 0 Å². The summed E-state index contributed by atoms with van der Waals surface area (Å²) in [6.45, 7) is 4.87. The van der Waals surface area contributed by atoms with Crippen LogP contribution in [0, 0.1) is 5.41 Å². The first-order valence-electron chi connectivity index (χ1n) is 8.98. The Labute approximate surface area is 172 Å². The summed E-state index contributed by atoms with van der Waals surface area (Å²) >= 11 is 0. The van der Waals surface area contributed by atoms with E-state index in [4.69, 9.17) is 9.15 Å². The lowest BCUT2D eigenvalue weighted by Crippen LogP contribution is -2.47. The van der Waals surface area contributed by atoms with Gasteiger partial charge in [0.05, 0.1) is 12.8 Å². The predicted molar refractivity (Wildman–Crippen MR) is 113 cm³/mol. The summed E-state index contributed by atoms with van der Waals surface area (Å²) in [6, 6.07) is 3.62. The molecule has 3 N–H and O–H groups in total. The molecule has 1 heterocycles. The third-order valence-electron chi connectivity index (χ3n) is 4.65. The SMILES string of the molecule is CCNC(=NCC(=O)NCc1ccco1)NCC1(CCOC)CCC1.I. The zero-order valence-corrected chi connectivity index (χ0v) is 18.0. The zero-order valence-electron chi connectivity index (χ0n) is 15.7. The van der Waals surface area contributed by atoms with E-state index in [1.54, 1.807) is 19.4 Å². The van der Waals surface area contributed by atoms with E-state index in [9.17, 15) is 4.79 Å². The average molecular weight is 478 g/mol. The molecule has 1 aromatic heterocycles.